The first-order valence-electron chi connectivity index (χ1n) is 6.71. The van der Waals surface area contributed by atoms with Crippen LogP contribution in [-0.2, 0) is 9.59 Å². The normalized spacial score (nSPS) is 10.0. The van der Waals surface area contributed by atoms with Crippen molar-refractivity contribution in [3.8, 4) is 5.75 Å². The van der Waals surface area contributed by atoms with Crippen LogP contribution in [0.15, 0.2) is 48.5 Å². The van der Waals surface area contributed by atoms with Crippen LogP contribution in [0.25, 0.3) is 0 Å². The van der Waals surface area contributed by atoms with Gasteiger partial charge in [0.15, 0.2) is 6.61 Å². The summed E-state index contributed by atoms with van der Waals surface area (Å²) < 4.78 is 5.36. The van der Waals surface area contributed by atoms with Crippen LogP contribution in [-0.4, -0.2) is 23.8 Å². The van der Waals surface area contributed by atoms with Gasteiger partial charge in [-0.3, -0.25) is 9.59 Å². The van der Waals surface area contributed by atoms with Crippen molar-refractivity contribution < 1.29 is 14.3 Å². The predicted molar refractivity (Wildman–Crippen MR) is 94.4 cm³/mol. The van der Waals surface area contributed by atoms with E-state index in [-0.39, 0.29) is 23.8 Å². The monoisotopic (exact) mass is 396 g/mol. The van der Waals surface area contributed by atoms with Gasteiger partial charge in [-0.25, -0.2) is 0 Å². The first kappa shape index (κ1) is 17.3. The van der Waals surface area contributed by atoms with Crippen LogP contribution in [0.2, 0.25) is 5.02 Å². The molecule has 0 aliphatic rings. The Balaban J connectivity index is 1.90. The molecule has 120 valence electrons. The summed E-state index contributed by atoms with van der Waals surface area (Å²) >= 11 is 8.91. The zero-order chi connectivity index (χ0) is 16.7. The number of rotatable bonds is 6. The van der Waals surface area contributed by atoms with Crippen LogP contribution in [0.5, 0.6) is 5.75 Å². The Hall–Kier alpha value is -2.05. The summed E-state index contributed by atoms with van der Waals surface area (Å²) in [6, 6.07) is 13.7. The van der Waals surface area contributed by atoms with Crippen molar-refractivity contribution >= 4 is 50.7 Å². The number of benzene rings is 2. The molecule has 0 aliphatic heterocycles. The lowest BCUT2D eigenvalue weighted by molar-refractivity contribution is -0.118. The summed E-state index contributed by atoms with van der Waals surface area (Å²) in [6.07, 6.45) is 0. The quantitative estimate of drug-likeness (QED) is 0.731. The van der Waals surface area contributed by atoms with E-state index in [4.69, 9.17) is 16.3 Å². The minimum absolute atomic E-state index is 0.141. The molecule has 0 saturated carbocycles. The minimum Gasteiger partial charge on any atom is -0.484 e. The second-order valence-corrected chi connectivity index (χ2v) is 5.55. The van der Waals surface area contributed by atoms with Gasteiger partial charge in [-0.05, 0) is 36.4 Å². The van der Waals surface area contributed by atoms with Crippen LogP contribution in [0, 0.1) is 0 Å². The van der Waals surface area contributed by atoms with Gasteiger partial charge in [-0.1, -0.05) is 39.7 Å². The van der Waals surface area contributed by atoms with Gasteiger partial charge in [0.25, 0.3) is 5.91 Å². The van der Waals surface area contributed by atoms with Crippen molar-refractivity contribution in [1.82, 2.24) is 0 Å². The number of amides is 2. The third-order valence-corrected chi connectivity index (χ3v) is 3.46. The maximum Gasteiger partial charge on any atom is 0.262 e. The van der Waals surface area contributed by atoms with E-state index in [1.807, 2.05) is 0 Å². The zero-order valence-corrected chi connectivity index (χ0v) is 14.4. The average Bonchev–Trinajstić information content (AvgIpc) is 2.53. The average molecular weight is 398 g/mol. The molecule has 0 bridgehead atoms. The number of nitrogens with one attached hydrogen (secondary N) is 2. The highest BCUT2D eigenvalue weighted by atomic mass is 79.9. The van der Waals surface area contributed by atoms with Crippen molar-refractivity contribution in [2.24, 2.45) is 0 Å². The van der Waals surface area contributed by atoms with Crippen molar-refractivity contribution in [3.63, 3.8) is 0 Å². The van der Waals surface area contributed by atoms with Crippen LogP contribution in [0.1, 0.15) is 0 Å². The number of hydrogen-bond donors (Lipinski definition) is 2. The number of ether oxygens (including phenoxy) is 1. The largest absolute Gasteiger partial charge is 0.484 e. The van der Waals surface area contributed by atoms with Crippen LogP contribution in [0.3, 0.4) is 0 Å². The lowest BCUT2D eigenvalue weighted by Crippen LogP contribution is -2.20. The Morgan fingerprint density at radius 3 is 2.30 bits per heavy atom. The summed E-state index contributed by atoms with van der Waals surface area (Å²) in [4.78, 5) is 23.2. The van der Waals surface area contributed by atoms with Crippen molar-refractivity contribution in [2.75, 3.05) is 22.6 Å². The predicted octanol–water partition coefficient (Wildman–Crippen LogP) is 3.69. The highest BCUT2D eigenvalue weighted by Crippen LogP contribution is 2.18. The second-order valence-electron chi connectivity index (χ2n) is 4.56. The fourth-order valence-electron chi connectivity index (χ4n) is 1.77. The fraction of sp³-hybridized carbons (Fsp3) is 0.125. The summed E-state index contributed by atoms with van der Waals surface area (Å²) in [5.41, 5.74) is 1.17. The molecular formula is C16H14BrClN2O3. The molecule has 0 saturated heterocycles. The van der Waals surface area contributed by atoms with E-state index in [9.17, 15) is 9.59 Å². The van der Waals surface area contributed by atoms with Gasteiger partial charge in [0.05, 0.1) is 5.33 Å². The number of carbonyl (C=O) groups excluding carboxylic acids is 2. The van der Waals surface area contributed by atoms with Gasteiger partial charge in [0.2, 0.25) is 5.91 Å². The van der Waals surface area contributed by atoms with Crippen LogP contribution >= 0.6 is 27.5 Å². The summed E-state index contributed by atoms with van der Waals surface area (Å²) in [7, 11) is 0. The number of alkyl halides is 1. The molecule has 0 fully saturated rings. The van der Waals surface area contributed by atoms with Gasteiger partial charge < -0.3 is 15.4 Å². The lowest BCUT2D eigenvalue weighted by atomic mass is 10.2. The second kappa shape index (κ2) is 8.55. The molecule has 2 rings (SSSR count). The Bertz CT molecular complexity index is 709. The molecule has 0 heterocycles. The van der Waals surface area contributed by atoms with E-state index in [0.29, 0.717) is 22.1 Å². The van der Waals surface area contributed by atoms with E-state index in [2.05, 4.69) is 26.6 Å². The summed E-state index contributed by atoms with van der Waals surface area (Å²) in [5, 5.41) is 6.13. The van der Waals surface area contributed by atoms with Crippen LogP contribution < -0.4 is 15.4 Å². The Morgan fingerprint density at radius 1 is 1.00 bits per heavy atom. The molecule has 7 heteroatoms. The molecule has 0 radical (unpaired) electrons. The van der Waals surface area contributed by atoms with E-state index < -0.39 is 0 Å². The molecule has 0 aromatic heterocycles. The SMILES string of the molecule is O=C(CBr)Nc1cccc(NC(=O)COc2cccc(Cl)c2)c1. The third kappa shape index (κ3) is 5.92. The van der Waals surface area contributed by atoms with Gasteiger partial charge in [0, 0.05) is 16.4 Å². The van der Waals surface area contributed by atoms with Crippen LogP contribution in [0.4, 0.5) is 11.4 Å². The number of anilines is 2. The van der Waals surface area contributed by atoms with Gasteiger partial charge in [0.1, 0.15) is 5.75 Å². The molecule has 0 spiro atoms. The smallest absolute Gasteiger partial charge is 0.262 e. The van der Waals surface area contributed by atoms with Gasteiger partial charge in [-0.2, -0.15) is 0 Å². The van der Waals surface area contributed by atoms with Crippen molar-refractivity contribution in [2.45, 2.75) is 0 Å². The number of hydrogen-bond acceptors (Lipinski definition) is 3. The van der Waals surface area contributed by atoms with Gasteiger partial charge >= 0.3 is 0 Å². The molecule has 5 nitrogen and oxygen atoms in total. The Labute approximate surface area is 147 Å². The maximum atomic E-state index is 11.9. The molecule has 2 amide bonds. The topological polar surface area (TPSA) is 67.4 Å². The molecule has 2 aromatic rings. The summed E-state index contributed by atoms with van der Waals surface area (Å²) in [6.45, 7) is -0.141. The van der Waals surface area contributed by atoms with Crippen molar-refractivity contribution in [1.29, 1.82) is 0 Å². The van der Waals surface area contributed by atoms with E-state index in [1.54, 1.807) is 48.5 Å². The third-order valence-electron chi connectivity index (χ3n) is 2.72. The first-order valence-corrected chi connectivity index (χ1v) is 8.21. The number of carbonyl (C=O) groups is 2. The molecule has 23 heavy (non-hydrogen) atoms. The minimum atomic E-state index is -0.311. The molecule has 0 unspecified atom stereocenters. The van der Waals surface area contributed by atoms with E-state index in [1.165, 1.54) is 0 Å². The highest BCUT2D eigenvalue weighted by molar-refractivity contribution is 9.09. The van der Waals surface area contributed by atoms with Crippen molar-refractivity contribution in [3.05, 3.63) is 53.6 Å². The van der Waals surface area contributed by atoms with E-state index in [0.717, 1.165) is 0 Å². The Kier molecular flexibility index (Phi) is 6.43. The molecular weight excluding hydrogens is 384 g/mol. The number of halogens is 2. The molecule has 0 aliphatic carbocycles. The molecule has 2 aromatic carbocycles. The Morgan fingerprint density at radius 2 is 1.65 bits per heavy atom. The first-order chi connectivity index (χ1) is 11.1. The standard InChI is InChI=1S/C16H14BrClN2O3/c17-9-15(21)19-12-4-2-5-13(8-12)20-16(22)10-23-14-6-1-3-11(18)7-14/h1-8H,9-10H2,(H,19,21)(H,20,22). The molecule has 2 N–H and O–H groups in total. The highest BCUT2D eigenvalue weighted by Gasteiger charge is 2.06. The summed E-state index contributed by atoms with van der Waals surface area (Å²) in [5.74, 6) is 0.0395. The lowest BCUT2D eigenvalue weighted by Gasteiger charge is -2.09. The van der Waals surface area contributed by atoms with Gasteiger partial charge in [-0.15, -0.1) is 0 Å². The maximum absolute atomic E-state index is 11.9. The fourth-order valence-corrected chi connectivity index (χ4v) is 2.09. The zero-order valence-electron chi connectivity index (χ0n) is 12.0. The van der Waals surface area contributed by atoms with E-state index >= 15 is 0 Å². The molecule has 0 atom stereocenters.